The molecule has 1 unspecified atom stereocenters. The molecule has 246 valence electrons. The number of alkyl halides is 6. The lowest BCUT2D eigenvalue weighted by Crippen LogP contribution is -2.45. The molecule has 2 N–H and O–H groups in total. The van der Waals surface area contributed by atoms with Crippen molar-refractivity contribution in [3.05, 3.63) is 66.5 Å². The first-order valence-electron chi connectivity index (χ1n) is 12.8. The zero-order valence-corrected chi connectivity index (χ0v) is 24.4. The second-order valence-electron chi connectivity index (χ2n) is 9.87. The van der Waals surface area contributed by atoms with Crippen LogP contribution in [0, 0.1) is 6.92 Å². The molecule has 2 aliphatic rings. The summed E-state index contributed by atoms with van der Waals surface area (Å²) in [6.07, 6.45) is -6.73. The molecule has 2 aliphatic heterocycles. The van der Waals surface area contributed by atoms with Gasteiger partial charge in [-0.15, -0.1) is 11.3 Å². The van der Waals surface area contributed by atoms with Crippen LogP contribution in [0.25, 0.3) is 0 Å². The molecular weight excluding hydrogens is 642 g/mol. The number of ether oxygens (including phenoxy) is 1. The number of carbonyl (C=O) groups is 2. The van der Waals surface area contributed by atoms with Crippen molar-refractivity contribution in [3.8, 4) is 5.88 Å². The van der Waals surface area contributed by atoms with Gasteiger partial charge in [0.05, 0.1) is 24.4 Å². The summed E-state index contributed by atoms with van der Waals surface area (Å²) in [5.74, 6) is -4.15. The third kappa shape index (κ3) is 8.65. The van der Waals surface area contributed by atoms with E-state index in [2.05, 4.69) is 14.9 Å². The SMILES string of the molecule is COc1ncccc1CN1CCC2(CCn3c2nn(Cc2csc(C)n2)c(=O)c3=O)C1.O=C(O)C(F)(F)F.O=C(O)C(F)(F)F. The number of aliphatic carboxylic acids is 2. The highest BCUT2D eigenvalue weighted by Gasteiger charge is 2.47. The number of halogens is 6. The normalized spacial score (nSPS) is 17.6. The lowest BCUT2D eigenvalue weighted by atomic mass is 9.85. The fourth-order valence-electron chi connectivity index (χ4n) is 4.76. The Kier molecular flexibility index (Phi) is 10.7. The number of carboxylic acid groups (broad SMARTS) is 2. The molecular formula is C25H26F6N6O7S. The molecule has 0 bridgehead atoms. The third-order valence-electron chi connectivity index (χ3n) is 6.76. The van der Waals surface area contributed by atoms with Crippen molar-refractivity contribution in [2.24, 2.45) is 0 Å². The topological polar surface area (TPSA) is 170 Å². The molecule has 13 nitrogen and oxygen atoms in total. The van der Waals surface area contributed by atoms with Gasteiger partial charge in [0.2, 0.25) is 5.88 Å². The van der Waals surface area contributed by atoms with Crippen LogP contribution in [0.5, 0.6) is 5.88 Å². The number of fused-ring (bicyclic) bond motifs is 2. The van der Waals surface area contributed by atoms with E-state index in [1.165, 1.54) is 16.0 Å². The van der Waals surface area contributed by atoms with E-state index in [4.69, 9.17) is 29.6 Å². The number of aromatic nitrogens is 5. The van der Waals surface area contributed by atoms with Crippen LogP contribution in [-0.2, 0) is 34.6 Å². The van der Waals surface area contributed by atoms with E-state index in [1.807, 2.05) is 24.4 Å². The van der Waals surface area contributed by atoms with Gasteiger partial charge in [0, 0.05) is 42.2 Å². The smallest absolute Gasteiger partial charge is 0.481 e. The summed E-state index contributed by atoms with van der Waals surface area (Å²) in [6, 6.07) is 3.93. The van der Waals surface area contributed by atoms with E-state index in [0.717, 1.165) is 54.6 Å². The predicted molar refractivity (Wildman–Crippen MR) is 143 cm³/mol. The van der Waals surface area contributed by atoms with Crippen molar-refractivity contribution in [2.45, 2.75) is 57.2 Å². The molecule has 3 aromatic rings. The van der Waals surface area contributed by atoms with Crippen LogP contribution < -0.4 is 15.9 Å². The molecule has 1 saturated heterocycles. The first-order chi connectivity index (χ1) is 20.9. The molecule has 1 spiro atoms. The largest absolute Gasteiger partial charge is 0.490 e. The lowest BCUT2D eigenvalue weighted by Gasteiger charge is -2.24. The lowest BCUT2D eigenvalue weighted by molar-refractivity contribution is -0.193. The van der Waals surface area contributed by atoms with Crippen LogP contribution in [0.15, 0.2) is 33.3 Å². The number of likely N-dealkylation sites (tertiary alicyclic amines) is 1. The number of aryl methyl sites for hydroxylation is 1. The number of rotatable bonds is 5. The molecule has 5 heterocycles. The van der Waals surface area contributed by atoms with Crippen molar-refractivity contribution in [3.63, 3.8) is 0 Å². The first-order valence-corrected chi connectivity index (χ1v) is 13.7. The number of thiazole rings is 1. The number of hydrogen-bond donors (Lipinski definition) is 2. The van der Waals surface area contributed by atoms with Crippen molar-refractivity contribution >= 4 is 23.3 Å². The molecule has 0 aliphatic carbocycles. The molecule has 20 heteroatoms. The molecule has 0 radical (unpaired) electrons. The van der Waals surface area contributed by atoms with Crippen molar-refractivity contribution < 1.29 is 50.9 Å². The maximum Gasteiger partial charge on any atom is 0.490 e. The monoisotopic (exact) mass is 668 g/mol. The summed E-state index contributed by atoms with van der Waals surface area (Å²) in [7, 11) is 1.63. The standard InChI is InChI=1S/C21H24N6O3S.2C2HF3O2/c1-14-23-16(12-31-14)11-27-19(29)18(28)26-9-6-21(20(26)24-27)5-8-25(13-21)10-15-4-3-7-22-17(15)30-2;2*3-2(4,5)1(6)7/h3-4,7,12H,5-6,8-11,13H2,1-2H3;2*(H,6,7). The van der Waals surface area contributed by atoms with E-state index in [1.54, 1.807) is 17.9 Å². The Bertz CT molecular complexity index is 1630. The van der Waals surface area contributed by atoms with Gasteiger partial charge in [-0.05, 0) is 32.4 Å². The van der Waals surface area contributed by atoms with Gasteiger partial charge in [-0.25, -0.2) is 24.2 Å². The molecule has 3 aromatic heterocycles. The number of hydrogen-bond acceptors (Lipinski definition) is 10. The highest BCUT2D eigenvalue weighted by atomic mass is 32.1. The highest BCUT2D eigenvalue weighted by molar-refractivity contribution is 7.09. The summed E-state index contributed by atoms with van der Waals surface area (Å²) in [5, 5.41) is 21.8. The Morgan fingerprint density at radius 2 is 1.62 bits per heavy atom. The molecule has 0 saturated carbocycles. The van der Waals surface area contributed by atoms with Gasteiger partial charge in [0.15, 0.2) is 0 Å². The molecule has 0 amide bonds. The maximum absolute atomic E-state index is 12.8. The third-order valence-corrected chi connectivity index (χ3v) is 7.58. The van der Waals surface area contributed by atoms with Crippen LogP contribution >= 0.6 is 11.3 Å². The summed E-state index contributed by atoms with van der Waals surface area (Å²) in [6.45, 7) is 5.07. The Balaban J connectivity index is 0.000000331. The van der Waals surface area contributed by atoms with Crippen LogP contribution in [0.4, 0.5) is 26.3 Å². The molecule has 1 fully saturated rings. The van der Waals surface area contributed by atoms with Gasteiger partial charge in [0.1, 0.15) is 5.82 Å². The minimum Gasteiger partial charge on any atom is -0.481 e. The zero-order valence-electron chi connectivity index (χ0n) is 23.6. The maximum atomic E-state index is 12.8. The van der Waals surface area contributed by atoms with Gasteiger partial charge in [0.25, 0.3) is 0 Å². The van der Waals surface area contributed by atoms with Gasteiger partial charge < -0.3 is 14.9 Å². The first kappa shape index (κ1) is 35.2. The van der Waals surface area contributed by atoms with Crippen LogP contribution in [0.2, 0.25) is 0 Å². The Hall–Kier alpha value is -4.33. The van der Waals surface area contributed by atoms with Gasteiger partial charge in [-0.1, -0.05) is 6.07 Å². The van der Waals surface area contributed by atoms with Crippen molar-refractivity contribution in [2.75, 3.05) is 20.2 Å². The van der Waals surface area contributed by atoms with Gasteiger partial charge in [-0.3, -0.25) is 19.1 Å². The Morgan fingerprint density at radius 1 is 1.02 bits per heavy atom. The van der Waals surface area contributed by atoms with E-state index in [-0.39, 0.29) is 12.0 Å². The number of methoxy groups -OCH3 is 1. The van der Waals surface area contributed by atoms with Crippen LogP contribution in [-0.4, -0.2) is 83.9 Å². The highest BCUT2D eigenvalue weighted by Crippen LogP contribution is 2.41. The average Bonchev–Trinajstić information content (AvgIpc) is 3.66. The second-order valence-corrected chi connectivity index (χ2v) is 10.9. The van der Waals surface area contributed by atoms with E-state index < -0.39 is 35.4 Å². The Labute approximate surface area is 253 Å². The molecule has 5 rings (SSSR count). The fraction of sp³-hybridized carbons (Fsp3) is 0.480. The predicted octanol–water partition coefficient (Wildman–Crippen LogP) is 2.44. The summed E-state index contributed by atoms with van der Waals surface area (Å²) in [4.78, 5) is 54.3. The summed E-state index contributed by atoms with van der Waals surface area (Å²) >= 11 is 1.52. The zero-order chi connectivity index (χ0) is 33.7. The summed E-state index contributed by atoms with van der Waals surface area (Å²) < 4.78 is 71.7. The summed E-state index contributed by atoms with van der Waals surface area (Å²) in [5.41, 5.74) is 0.504. The molecule has 45 heavy (non-hydrogen) atoms. The fourth-order valence-corrected chi connectivity index (χ4v) is 5.37. The second kappa shape index (κ2) is 13.8. The van der Waals surface area contributed by atoms with Gasteiger partial charge in [-0.2, -0.15) is 31.4 Å². The minimum atomic E-state index is -5.08. The van der Waals surface area contributed by atoms with E-state index in [0.29, 0.717) is 12.4 Å². The average molecular weight is 669 g/mol. The quantitative estimate of drug-likeness (QED) is 0.303. The van der Waals surface area contributed by atoms with Crippen molar-refractivity contribution in [1.82, 2.24) is 29.2 Å². The molecule has 1 atom stereocenters. The number of carboxylic acids is 2. The number of pyridine rings is 1. The Morgan fingerprint density at radius 3 is 2.16 bits per heavy atom. The molecule has 0 aromatic carbocycles. The number of nitrogens with zero attached hydrogens (tertiary/aromatic N) is 6. The van der Waals surface area contributed by atoms with E-state index >= 15 is 0 Å². The van der Waals surface area contributed by atoms with Crippen LogP contribution in [0.3, 0.4) is 0 Å². The van der Waals surface area contributed by atoms with E-state index in [9.17, 15) is 35.9 Å². The van der Waals surface area contributed by atoms with Crippen LogP contribution in [0.1, 0.15) is 34.9 Å². The van der Waals surface area contributed by atoms with Crippen molar-refractivity contribution in [1.29, 1.82) is 0 Å². The minimum absolute atomic E-state index is 0.220. The van der Waals surface area contributed by atoms with Gasteiger partial charge >= 0.3 is 35.4 Å².